The topological polar surface area (TPSA) is 29.3 Å². The number of rotatable bonds is 1. The fourth-order valence-electron chi connectivity index (χ4n) is 2.25. The zero-order valence-corrected chi connectivity index (χ0v) is 6.72. The maximum absolute atomic E-state index is 12.6. The third-order valence-corrected chi connectivity index (χ3v) is 3.23. The van der Waals surface area contributed by atoms with Gasteiger partial charge in [-0.25, -0.2) is 4.39 Å². The quantitative estimate of drug-likeness (QED) is 0.597. The molecule has 2 rings (SSSR count). The van der Waals surface area contributed by atoms with Crippen molar-refractivity contribution in [2.75, 3.05) is 26.3 Å². The smallest absolute Gasteiger partial charge is 0.108 e. The molecule has 2 nitrogen and oxygen atoms in total. The molecule has 3 heteroatoms. The van der Waals surface area contributed by atoms with Crippen molar-refractivity contribution in [3.63, 3.8) is 0 Å². The number of halogens is 1. The lowest BCUT2D eigenvalue weighted by molar-refractivity contribution is 0.138. The van der Waals surface area contributed by atoms with Crippen LogP contribution in [0.2, 0.25) is 0 Å². The Labute approximate surface area is 66.5 Å². The maximum Gasteiger partial charge on any atom is 0.108 e. The van der Waals surface area contributed by atoms with E-state index in [0.717, 1.165) is 32.5 Å². The van der Waals surface area contributed by atoms with E-state index in [2.05, 4.69) is 4.90 Å². The molecule has 0 aromatic heterocycles. The van der Waals surface area contributed by atoms with Crippen LogP contribution in [-0.2, 0) is 0 Å². The average molecular weight is 158 g/mol. The van der Waals surface area contributed by atoms with Crippen molar-refractivity contribution < 1.29 is 4.39 Å². The first kappa shape index (κ1) is 7.50. The Morgan fingerprint density at radius 2 is 2.36 bits per heavy atom. The van der Waals surface area contributed by atoms with E-state index in [9.17, 15) is 4.39 Å². The second-order valence-electron chi connectivity index (χ2n) is 3.90. The van der Waals surface area contributed by atoms with Gasteiger partial charge in [-0.3, -0.25) is 0 Å². The summed E-state index contributed by atoms with van der Waals surface area (Å²) in [5, 5.41) is 0. The first-order chi connectivity index (χ1) is 5.24. The minimum atomic E-state index is -0.479. The van der Waals surface area contributed by atoms with Gasteiger partial charge in [-0.05, 0) is 31.8 Å². The van der Waals surface area contributed by atoms with Crippen molar-refractivity contribution in [2.24, 2.45) is 11.7 Å². The van der Waals surface area contributed by atoms with E-state index >= 15 is 0 Å². The molecular weight excluding hydrogens is 143 g/mol. The normalized spacial score (nSPS) is 49.6. The highest BCUT2D eigenvalue weighted by Crippen LogP contribution is 2.33. The molecule has 2 aliphatic rings. The molecule has 2 N–H and O–H groups in total. The summed E-state index contributed by atoms with van der Waals surface area (Å²) in [7, 11) is 0. The number of hydrogen-bond acceptors (Lipinski definition) is 2. The molecular formula is C8H15FN2. The van der Waals surface area contributed by atoms with Gasteiger partial charge in [0.15, 0.2) is 0 Å². The van der Waals surface area contributed by atoms with Gasteiger partial charge < -0.3 is 10.6 Å². The summed E-state index contributed by atoms with van der Waals surface area (Å²) in [6.07, 6.45) is 1.94. The molecule has 2 bridgehead atoms. The van der Waals surface area contributed by atoms with Gasteiger partial charge in [0.05, 0.1) is 0 Å². The fourth-order valence-corrected chi connectivity index (χ4v) is 2.25. The number of nitrogens with zero attached hydrogens (tertiary/aromatic N) is 1. The van der Waals surface area contributed by atoms with Crippen molar-refractivity contribution in [2.45, 2.75) is 18.4 Å². The Hall–Kier alpha value is -0.150. The molecule has 3 atom stereocenters. The van der Waals surface area contributed by atoms with Crippen molar-refractivity contribution in [3.8, 4) is 0 Å². The number of fused-ring (bicyclic) bond motifs is 2. The van der Waals surface area contributed by atoms with Crippen molar-refractivity contribution in [3.05, 3.63) is 0 Å². The van der Waals surface area contributed by atoms with Gasteiger partial charge >= 0.3 is 0 Å². The van der Waals surface area contributed by atoms with Crippen molar-refractivity contribution in [1.29, 1.82) is 0 Å². The molecule has 0 radical (unpaired) electrons. The summed E-state index contributed by atoms with van der Waals surface area (Å²) in [4.78, 5) is 2.38. The average Bonchev–Trinajstić information content (AvgIpc) is 2.44. The van der Waals surface area contributed by atoms with E-state index in [1.165, 1.54) is 0 Å². The Bertz CT molecular complexity index is 162. The van der Waals surface area contributed by atoms with Crippen LogP contribution in [0, 0.1) is 5.92 Å². The lowest BCUT2D eigenvalue weighted by atomic mass is 9.81. The highest BCUT2D eigenvalue weighted by Gasteiger charge is 2.43. The highest BCUT2D eigenvalue weighted by atomic mass is 19.1. The number of piperidine rings is 1. The zero-order valence-electron chi connectivity index (χ0n) is 6.72. The number of alkyl halides is 1. The van der Waals surface area contributed by atoms with Crippen LogP contribution < -0.4 is 5.73 Å². The van der Waals surface area contributed by atoms with Gasteiger partial charge in [0, 0.05) is 12.1 Å². The van der Waals surface area contributed by atoms with Crippen LogP contribution in [-0.4, -0.2) is 36.7 Å². The Kier molecular flexibility index (Phi) is 1.65. The molecule has 0 aromatic carbocycles. The highest BCUT2D eigenvalue weighted by molar-refractivity contribution is 5.00. The molecule has 2 fully saturated rings. The molecule has 0 amide bonds. The van der Waals surface area contributed by atoms with E-state index in [1.807, 2.05) is 0 Å². The van der Waals surface area contributed by atoms with E-state index in [4.69, 9.17) is 5.73 Å². The van der Waals surface area contributed by atoms with Crippen molar-refractivity contribution in [1.82, 2.24) is 4.90 Å². The summed E-state index contributed by atoms with van der Waals surface area (Å²) in [5.74, 6) is 0.418. The monoisotopic (exact) mass is 158 g/mol. The molecule has 0 aromatic rings. The van der Waals surface area contributed by atoms with Crippen LogP contribution in [0.5, 0.6) is 0 Å². The van der Waals surface area contributed by atoms with E-state index < -0.39 is 5.54 Å². The molecule has 64 valence electrons. The summed E-state index contributed by atoms with van der Waals surface area (Å²) in [5.41, 5.74) is 5.46. The van der Waals surface area contributed by atoms with Crippen LogP contribution in [0.1, 0.15) is 12.8 Å². The van der Waals surface area contributed by atoms with Crippen LogP contribution in [0.4, 0.5) is 4.39 Å². The number of nitrogens with two attached hydrogens (primary N) is 1. The molecule has 11 heavy (non-hydrogen) atoms. The Morgan fingerprint density at radius 3 is 3.09 bits per heavy atom. The number of hydrogen-bond donors (Lipinski definition) is 1. The van der Waals surface area contributed by atoms with Gasteiger partial charge in [-0.15, -0.1) is 0 Å². The van der Waals surface area contributed by atoms with E-state index in [-0.39, 0.29) is 6.67 Å². The molecule has 0 saturated carbocycles. The summed E-state index contributed by atoms with van der Waals surface area (Å²) in [6, 6.07) is 0. The van der Waals surface area contributed by atoms with Gasteiger partial charge in [-0.1, -0.05) is 0 Å². The SMILES string of the molecule is NC1(CF)CCN2CCC1C2. The van der Waals surface area contributed by atoms with E-state index in [0.29, 0.717) is 5.92 Å². The minimum absolute atomic E-state index is 0.342. The first-order valence-corrected chi connectivity index (χ1v) is 4.32. The van der Waals surface area contributed by atoms with Crippen LogP contribution in [0.3, 0.4) is 0 Å². The molecule has 0 spiro atoms. The van der Waals surface area contributed by atoms with Crippen molar-refractivity contribution >= 4 is 0 Å². The molecule has 2 heterocycles. The minimum Gasteiger partial charge on any atom is -0.323 e. The lowest BCUT2D eigenvalue weighted by Gasteiger charge is -2.37. The summed E-state index contributed by atoms with van der Waals surface area (Å²) < 4.78 is 12.6. The lowest BCUT2D eigenvalue weighted by Crippen LogP contribution is -2.54. The maximum atomic E-state index is 12.6. The fraction of sp³-hybridized carbons (Fsp3) is 1.00. The third kappa shape index (κ3) is 1.07. The largest absolute Gasteiger partial charge is 0.323 e. The van der Waals surface area contributed by atoms with Gasteiger partial charge in [-0.2, -0.15) is 0 Å². The van der Waals surface area contributed by atoms with Crippen LogP contribution in [0.25, 0.3) is 0 Å². The van der Waals surface area contributed by atoms with Gasteiger partial charge in [0.2, 0.25) is 0 Å². The second kappa shape index (κ2) is 2.42. The summed E-state index contributed by atoms with van der Waals surface area (Å²) >= 11 is 0. The zero-order chi connectivity index (χ0) is 7.90. The second-order valence-corrected chi connectivity index (χ2v) is 3.90. The van der Waals surface area contributed by atoms with Crippen LogP contribution in [0.15, 0.2) is 0 Å². The standard InChI is InChI=1S/C8H15FN2/c9-6-8(10)2-4-11-3-1-7(8)5-11/h7H,1-6,10H2. The molecule has 2 saturated heterocycles. The molecule has 2 aliphatic heterocycles. The Balaban J connectivity index is 2.12. The van der Waals surface area contributed by atoms with Gasteiger partial charge in [0.1, 0.15) is 6.67 Å². The molecule has 3 unspecified atom stereocenters. The van der Waals surface area contributed by atoms with E-state index in [1.54, 1.807) is 0 Å². The van der Waals surface area contributed by atoms with Gasteiger partial charge in [0.25, 0.3) is 0 Å². The van der Waals surface area contributed by atoms with Crippen LogP contribution >= 0.6 is 0 Å². The Morgan fingerprint density at radius 1 is 1.55 bits per heavy atom. The predicted octanol–water partition coefficient (Wildman–Crippen LogP) is 0.379. The molecule has 0 aliphatic carbocycles. The first-order valence-electron chi connectivity index (χ1n) is 4.32. The predicted molar refractivity (Wildman–Crippen MR) is 42.1 cm³/mol. The third-order valence-electron chi connectivity index (χ3n) is 3.23. The summed E-state index contributed by atoms with van der Waals surface area (Å²) in [6.45, 7) is 2.81.